The number of hydrogen-bond donors (Lipinski definition) is 5. The molecule has 2 aliphatic heterocycles. The minimum Gasteiger partial charge on any atom is -0.394 e. The highest BCUT2D eigenvalue weighted by molar-refractivity contribution is 5.98. The van der Waals surface area contributed by atoms with Crippen molar-refractivity contribution in [3.05, 3.63) is 12.0 Å². The molecule has 0 bridgehead atoms. The lowest BCUT2D eigenvalue weighted by Gasteiger charge is -2.22. The first-order chi connectivity index (χ1) is 9.13. The number of aliphatic hydroxyl groups excluding tert-OH is 3. The normalized spacial score (nSPS) is 33.7. The summed E-state index contributed by atoms with van der Waals surface area (Å²) in [6.45, 7) is -0.161. The number of aromatic nitrogens is 2. The van der Waals surface area contributed by atoms with Crippen LogP contribution in [-0.4, -0.2) is 62.4 Å². The van der Waals surface area contributed by atoms with E-state index in [9.17, 15) is 15.0 Å². The Hall–Kier alpha value is -1.68. The van der Waals surface area contributed by atoms with Crippen LogP contribution in [-0.2, 0) is 4.74 Å². The number of carbonyl (C=O) groups is 1. The molecule has 0 radical (unpaired) electrons. The van der Waals surface area contributed by atoms with Crippen molar-refractivity contribution in [2.45, 2.75) is 24.5 Å². The van der Waals surface area contributed by atoms with Gasteiger partial charge < -0.3 is 30.7 Å². The first kappa shape index (κ1) is 12.4. The fourth-order valence-corrected chi connectivity index (χ4v) is 2.30. The number of hydrogen-bond acceptors (Lipinski definition) is 7. The van der Waals surface area contributed by atoms with Crippen molar-refractivity contribution in [2.75, 3.05) is 18.6 Å². The maximum absolute atomic E-state index is 11.6. The molecule has 1 aromatic heterocycles. The second-order valence-corrected chi connectivity index (χ2v) is 4.44. The Kier molecular flexibility index (Phi) is 2.90. The molecule has 9 heteroatoms. The van der Waals surface area contributed by atoms with E-state index >= 15 is 0 Å². The number of aliphatic hydroxyl groups is 3. The summed E-state index contributed by atoms with van der Waals surface area (Å²) in [7, 11) is 0. The van der Waals surface area contributed by atoms with E-state index < -0.39 is 31.1 Å². The summed E-state index contributed by atoms with van der Waals surface area (Å²) >= 11 is 0. The quantitative estimate of drug-likeness (QED) is 0.405. The Labute approximate surface area is 107 Å². The third kappa shape index (κ3) is 1.78. The Morgan fingerprint density at radius 3 is 2.89 bits per heavy atom. The minimum atomic E-state index is -1.21. The predicted molar refractivity (Wildman–Crippen MR) is 61.2 cm³/mol. The molecule has 0 saturated carbocycles. The number of imidazole rings is 1. The van der Waals surface area contributed by atoms with Gasteiger partial charge in [-0.15, -0.1) is 0 Å². The highest BCUT2D eigenvalue weighted by atomic mass is 16.6. The van der Waals surface area contributed by atoms with Crippen LogP contribution in [0.5, 0.6) is 0 Å². The van der Waals surface area contributed by atoms with Crippen molar-refractivity contribution >= 4 is 11.7 Å². The van der Waals surface area contributed by atoms with Gasteiger partial charge in [-0.25, -0.2) is 4.98 Å². The SMILES string of the molecule is O=C1NCNc2c1ncn2[C@@H]1O[C@H](CO)C(O)[C@@H]1O. The molecule has 3 rings (SSSR count). The van der Waals surface area contributed by atoms with Crippen molar-refractivity contribution in [3.8, 4) is 0 Å². The molecule has 1 fully saturated rings. The number of amides is 1. The molecular weight excluding hydrogens is 256 g/mol. The molecule has 1 unspecified atom stereocenters. The maximum atomic E-state index is 11.6. The van der Waals surface area contributed by atoms with Crippen molar-refractivity contribution in [1.82, 2.24) is 14.9 Å². The number of carbonyl (C=O) groups excluding carboxylic acids is 1. The van der Waals surface area contributed by atoms with Crippen molar-refractivity contribution in [2.24, 2.45) is 0 Å². The average molecular weight is 270 g/mol. The minimum absolute atomic E-state index is 0.198. The van der Waals surface area contributed by atoms with Gasteiger partial charge in [0.2, 0.25) is 0 Å². The lowest BCUT2D eigenvalue weighted by molar-refractivity contribution is -0.0519. The van der Waals surface area contributed by atoms with Crippen LogP contribution in [0.1, 0.15) is 16.7 Å². The molecule has 19 heavy (non-hydrogen) atoms. The standard InChI is InChI=1S/C10H14N4O5/c15-1-4-6(16)7(17)10(19-4)14-3-13-5-8(14)11-2-12-9(5)18/h3-4,6-7,10-11,15-17H,1-2H2,(H,12,18)/t4-,6?,7+,10-/m1/s1. The van der Waals surface area contributed by atoms with Crippen LogP contribution in [0, 0.1) is 0 Å². The molecule has 0 aliphatic carbocycles. The fourth-order valence-electron chi connectivity index (χ4n) is 2.30. The van der Waals surface area contributed by atoms with Crippen LogP contribution < -0.4 is 10.6 Å². The monoisotopic (exact) mass is 270 g/mol. The zero-order valence-electron chi connectivity index (χ0n) is 9.85. The lowest BCUT2D eigenvalue weighted by atomic mass is 10.1. The van der Waals surface area contributed by atoms with Gasteiger partial charge >= 0.3 is 0 Å². The molecule has 1 amide bonds. The number of rotatable bonds is 2. The second-order valence-electron chi connectivity index (χ2n) is 4.44. The van der Waals surface area contributed by atoms with Crippen LogP contribution in [0.15, 0.2) is 6.33 Å². The number of nitrogens with zero attached hydrogens (tertiary/aromatic N) is 2. The molecule has 9 nitrogen and oxygen atoms in total. The Balaban J connectivity index is 1.93. The number of anilines is 1. The first-order valence-corrected chi connectivity index (χ1v) is 5.85. The summed E-state index contributed by atoms with van der Waals surface area (Å²) in [5, 5.41) is 34.2. The van der Waals surface area contributed by atoms with Gasteiger partial charge in [-0.2, -0.15) is 0 Å². The molecule has 0 aromatic carbocycles. The smallest absolute Gasteiger partial charge is 0.275 e. The van der Waals surface area contributed by atoms with Gasteiger partial charge in [-0.3, -0.25) is 9.36 Å². The van der Waals surface area contributed by atoms with E-state index in [-0.39, 0.29) is 18.3 Å². The van der Waals surface area contributed by atoms with Gasteiger partial charge in [-0.05, 0) is 0 Å². The molecule has 1 saturated heterocycles. The summed E-state index contributed by atoms with van der Waals surface area (Å²) in [5.41, 5.74) is 0.198. The van der Waals surface area contributed by atoms with Gasteiger partial charge in [0.05, 0.1) is 19.6 Å². The van der Waals surface area contributed by atoms with Gasteiger partial charge in [-0.1, -0.05) is 0 Å². The fraction of sp³-hybridized carbons (Fsp3) is 0.600. The lowest BCUT2D eigenvalue weighted by Crippen LogP contribution is -2.36. The summed E-state index contributed by atoms with van der Waals surface area (Å²) in [5.74, 6) is 0.0952. The Bertz CT molecular complexity index is 504. The van der Waals surface area contributed by atoms with E-state index in [0.29, 0.717) is 5.82 Å². The van der Waals surface area contributed by atoms with E-state index in [2.05, 4.69) is 15.6 Å². The zero-order valence-corrected chi connectivity index (χ0v) is 9.85. The zero-order chi connectivity index (χ0) is 13.6. The largest absolute Gasteiger partial charge is 0.394 e. The van der Waals surface area contributed by atoms with Crippen LogP contribution in [0.25, 0.3) is 0 Å². The summed E-state index contributed by atoms with van der Waals surface area (Å²) < 4.78 is 6.82. The number of ether oxygens (including phenoxy) is 1. The second kappa shape index (κ2) is 4.46. The molecule has 3 heterocycles. The third-order valence-corrected chi connectivity index (χ3v) is 3.30. The maximum Gasteiger partial charge on any atom is 0.275 e. The van der Waals surface area contributed by atoms with Crippen molar-refractivity contribution in [1.29, 1.82) is 0 Å². The van der Waals surface area contributed by atoms with Crippen molar-refractivity contribution in [3.63, 3.8) is 0 Å². The molecule has 0 spiro atoms. The Morgan fingerprint density at radius 1 is 1.42 bits per heavy atom. The molecule has 1 aromatic rings. The van der Waals surface area contributed by atoms with Crippen LogP contribution in [0.3, 0.4) is 0 Å². The summed E-state index contributed by atoms with van der Waals surface area (Å²) in [6.07, 6.45) is -2.81. The average Bonchev–Trinajstić information content (AvgIpc) is 2.94. The highest BCUT2D eigenvalue weighted by Gasteiger charge is 2.44. The predicted octanol–water partition coefficient (Wildman–Crippen LogP) is -2.39. The summed E-state index contributed by atoms with van der Waals surface area (Å²) in [6, 6.07) is 0. The molecule has 5 N–H and O–H groups in total. The van der Waals surface area contributed by atoms with Crippen LogP contribution in [0.4, 0.5) is 5.82 Å². The third-order valence-electron chi connectivity index (χ3n) is 3.30. The van der Waals surface area contributed by atoms with Crippen LogP contribution in [0.2, 0.25) is 0 Å². The van der Waals surface area contributed by atoms with Crippen molar-refractivity contribution < 1.29 is 24.9 Å². The highest BCUT2D eigenvalue weighted by Crippen LogP contribution is 2.33. The van der Waals surface area contributed by atoms with E-state index in [1.165, 1.54) is 10.9 Å². The Morgan fingerprint density at radius 2 is 2.21 bits per heavy atom. The van der Waals surface area contributed by atoms with Gasteiger partial charge in [0.25, 0.3) is 5.91 Å². The van der Waals surface area contributed by atoms with E-state index in [1.54, 1.807) is 0 Å². The topological polar surface area (TPSA) is 129 Å². The molecular formula is C10H14N4O5. The van der Waals surface area contributed by atoms with Crippen LogP contribution >= 0.6 is 0 Å². The van der Waals surface area contributed by atoms with E-state index in [4.69, 9.17) is 9.84 Å². The van der Waals surface area contributed by atoms with Gasteiger partial charge in [0.1, 0.15) is 24.1 Å². The first-order valence-electron chi connectivity index (χ1n) is 5.85. The number of fused-ring (bicyclic) bond motifs is 1. The molecule has 104 valence electrons. The van der Waals surface area contributed by atoms with E-state index in [1.807, 2.05) is 0 Å². The van der Waals surface area contributed by atoms with Gasteiger partial charge in [0.15, 0.2) is 11.9 Å². The molecule has 2 aliphatic rings. The number of nitrogens with one attached hydrogen (secondary N) is 2. The van der Waals surface area contributed by atoms with E-state index in [0.717, 1.165) is 0 Å². The molecule has 4 atom stereocenters. The van der Waals surface area contributed by atoms with Gasteiger partial charge in [0, 0.05) is 0 Å². The summed E-state index contributed by atoms with van der Waals surface area (Å²) in [4.78, 5) is 15.5.